The highest BCUT2D eigenvalue weighted by Crippen LogP contribution is 2.44. The topological polar surface area (TPSA) is 90.0 Å². The Morgan fingerprint density at radius 1 is 1.25 bits per heavy atom. The molecule has 0 saturated carbocycles. The lowest BCUT2D eigenvalue weighted by molar-refractivity contribution is 0.367. The lowest BCUT2D eigenvalue weighted by Crippen LogP contribution is -2.21. The van der Waals surface area contributed by atoms with Crippen molar-refractivity contribution in [1.29, 1.82) is 5.26 Å². The van der Waals surface area contributed by atoms with Gasteiger partial charge in [-0.2, -0.15) is 10.4 Å². The minimum Gasteiger partial charge on any atom is -0.472 e. The van der Waals surface area contributed by atoms with Gasteiger partial charge in [0.25, 0.3) is 0 Å². The maximum absolute atomic E-state index is 9.55. The van der Waals surface area contributed by atoms with Crippen molar-refractivity contribution in [3.05, 3.63) is 77.2 Å². The van der Waals surface area contributed by atoms with Gasteiger partial charge >= 0.3 is 0 Å². The van der Waals surface area contributed by atoms with Crippen molar-refractivity contribution in [3.63, 3.8) is 0 Å². The van der Waals surface area contributed by atoms with Gasteiger partial charge in [-0.1, -0.05) is 18.2 Å². The number of hydrogen-bond donors (Lipinski definition) is 1. The van der Waals surface area contributed by atoms with E-state index in [4.69, 9.17) is 14.9 Å². The van der Waals surface area contributed by atoms with Gasteiger partial charge in [-0.25, -0.2) is 4.68 Å². The van der Waals surface area contributed by atoms with E-state index >= 15 is 0 Å². The fraction of sp³-hybridized carbons (Fsp3) is 0.111. The molecule has 0 amide bonds. The summed E-state index contributed by atoms with van der Waals surface area (Å²) in [6.45, 7) is 1.89. The second kappa shape index (κ2) is 5.32. The first-order valence-corrected chi connectivity index (χ1v) is 7.45. The van der Waals surface area contributed by atoms with Gasteiger partial charge in [0.1, 0.15) is 11.6 Å². The van der Waals surface area contributed by atoms with E-state index in [9.17, 15) is 5.26 Å². The lowest BCUT2D eigenvalue weighted by atomic mass is 9.85. The predicted molar refractivity (Wildman–Crippen MR) is 86.3 cm³/mol. The van der Waals surface area contributed by atoms with Gasteiger partial charge < -0.3 is 14.9 Å². The number of ether oxygens (including phenoxy) is 1. The summed E-state index contributed by atoms with van der Waals surface area (Å²) in [5, 5.41) is 14.1. The van der Waals surface area contributed by atoms with Crippen LogP contribution < -0.4 is 10.5 Å². The number of nitriles is 1. The number of nitrogens with zero attached hydrogens (tertiary/aromatic N) is 3. The lowest BCUT2D eigenvalue weighted by Gasteiger charge is -2.23. The molecule has 6 nitrogen and oxygen atoms in total. The third-order valence-corrected chi connectivity index (χ3v) is 4.11. The fourth-order valence-electron chi connectivity index (χ4n) is 3.03. The van der Waals surface area contributed by atoms with Crippen molar-refractivity contribution < 1.29 is 9.15 Å². The SMILES string of the molecule is Cc1nn(-c2ccccc2)c2c1[C@H](c1ccoc1)C(C#N)=C(N)O2. The van der Waals surface area contributed by atoms with Crippen LogP contribution in [0.4, 0.5) is 0 Å². The number of hydrogen-bond acceptors (Lipinski definition) is 5. The van der Waals surface area contributed by atoms with Crippen LogP contribution in [-0.4, -0.2) is 9.78 Å². The smallest absolute Gasteiger partial charge is 0.229 e. The molecule has 2 aromatic heterocycles. The fourth-order valence-corrected chi connectivity index (χ4v) is 3.03. The first-order valence-electron chi connectivity index (χ1n) is 7.45. The summed E-state index contributed by atoms with van der Waals surface area (Å²) in [4.78, 5) is 0. The number of benzene rings is 1. The maximum Gasteiger partial charge on any atom is 0.229 e. The van der Waals surface area contributed by atoms with Gasteiger partial charge in [-0.15, -0.1) is 0 Å². The maximum atomic E-state index is 9.55. The Balaban J connectivity index is 1.97. The van der Waals surface area contributed by atoms with Crippen LogP contribution in [0.15, 0.2) is 64.8 Å². The Kier molecular flexibility index (Phi) is 3.14. The first kappa shape index (κ1) is 14.2. The van der Waals surface area contributed by atoms with E-state index in [1.54, 1.807) is 17.2 Å². The van der Waals surface area contributed by atoms with Crippen LogP contribution in [0.25, 0.3) is 5.69 Å². The molecule has 0 aliphatic carbocycles. The van der Waals surface area contributed by atoms with Crippen LogP contribution in [0.1, 0.15) is 22.7 Å². The summed E-state index contributed by atoms with van der Waals surface area (Å²) in [6.07, 6.45) is 3.19. The Hall–Kier alpha value is -3.46. The zero-order valence-electron chi connectivity index (χ0n) is 12.9. The number of rotatable bonds is 2. The molecule has 1 atom stereocenters. The highest BCUT2D eigenvalue weighted by atomic mass is 16.5. The average Bonchev–Trinajstić information content (AvgIpc) is 3.23. The molecule has 0 bridgehead atoms. The number of nitrogens with two attached hydrogens (primary N) is 1. The molecular formula is C18H14N4O2. The monoisotopic (exact) mass is 318 g/mol. The second-order valence-corrected chi connectivity index (χ2v) is 5.53. The molecule has 118 valence electrons. The van der Waals surface area contributed by atoms with Gasteiger partial charge in [0, 0.05) is 5.56 Å². The van der Waals surface area contributed by atoms with E-state index in [1.807, 2.05) is 43.3 Å². The average molecular weight is 318 g/mol. The predicted octanol–water partition coefficient (Wildman–Crippen LogP) is 2.99. The highest BCUT2D eigenvalue weighted by molar-refractivity contribution is 5.56. The molecule has 0 radical (unpaired) electrons. The molecule has 4 rings (SSSR count). The Labute approximate surface area is 138 Å². The minimum absolute atomic E-state index is 0.0910. The molecule has 0 fully saturated rings. The molecule has 1 aliphatic heterocycles. The Morgan fingerprint density at radius 3 is 2.71 bits per heavy atom. The van der Waals surface area contributed by atoms with Gasteiger partial charge in [-0.3, -0.25) is 0 Å². The zero-order valence-corrected chi connectivity index (χ0v) is 12.9. The molecule has 1 aliphatic rings. The largest absolute Gasteiger partial charge is 0.472 e. The quantitative estimate of drug-likeness (QED) is 0.784. The van der Waals surface area contributed by atoms with Crippen molar-refractivity contribution in [3.8, 4) is 17.6 Å². The molecule has 24 heavy (non-hydrogen) atoms. The number of fused-ring (bicyclic) bond motifs is 1. The molecule has 1 aromatic carbocycles. The second-order valence-electron chi connectivity index (χ2n) is 5.53. The minimum atomic E-state index is -0.352. The van der Waals surface area contributed by atoms with Crippen LogP contribution >= 0.6 is 0 Å². The van der Waals surface area contributed by atoms with Gasteiger partial charge in [0.15, 0.2) is 0 Å². The summed E-state index contributed by atoms with van der Waals surface area (Å²) >= 11 is 0. The van der Waals surface area contributed by atoms with Crippen molar-refractivity contribution in [2.75, 3.05) is 0 Å². The Bertz CT molecular complexity index is 963. The third kappa shape index (κ3) is 1.99. The molecule has 6 heteroatoms. The first-order chi connectivity index (χ1) is 11.7. The van der Waals surface area contributed by atoms with E-state index < -0.39 is 0 Å². The van der Waals surface area contributed by atoms with Crippen LogP contribution in [0.2, 0.25) is 0 Å². The molecule has 2 N–H and O–H groups in total. The summed E-state index contributed by atoms with van der Waals surface area (Å²) in [7, 11) is 0. The summed E-state index contributed by atoms with van der Waals surface area (Å²) in [5.41, 5.74) is 9.69. The van der Waals surface area contributed by atoms with Crippen LogP contribution in [0.3, 0.4) is 0 Å². The Morgan fingerprint density at radius 2 is 2.04 bits per heavy atom. The van der Waals surface area contributed by atoms with Crippen molar-refractivity contribution in [2.45, 2.75) is 12.8 Å². The highest BCUT2D eigenvalue weighted by Gasteiger charge is 2.36. The number of para-hydroxylation sites is 1. The zero-order chi connectivity index (χ0) is 16.7. The molecule has 3 aromatic rings. The summed E-state index contributed by atoms with van der Waals surface area (Å²) < 4.78 is 12.7. The molecule has 0 unspecified atom stereocenters. The molecular weight excluding hydrogens is 304 g/mol. The number of allylic oxidation sites excluding steroid dienone is 1. The van der Waals surface area contributed by atoms with Crippen LogP contribution in [0, 0.1) is 18.3 Å². The van der Waals surface area contributed by atoms with E-state index in [-0.39, 0.29) is 11.8 Å². The van der Waals surface area contributed by atoms with E-state index in [1.165, 1.54) is 0 Å². The third-order valence-electron chi connectivity index (χ3n) is 4.11. The van der Waals surface area contributed by atoms with Crippen LogP contribution in [0.5, 0.6) is 5.88 Å². The van der Waals surface area contributed by atoms with Crippen molar-refractivity contribution in [1.82, 2.24) is 9.78 Å². The van der Waals surface area contributed by atoms with Gasteiger partial charge in [0.2, 0.25) is 11.8 Å². The van der Waals surface area contributed by atoms with E-state index in [0.29, 0.717) is 11.5 Å². The van der Waals surface area contributed by atoms with Crippen molar-refractivity contribution in [2.24, 2.45) is 5.73 Å². The molecule has 3 heterocycles. The van der Waals surface area contributed by atoms with Gasteiger partial charge in [-0.05, 0) is 25.1 Å². The molecule has 0 spiro atoms. The van der Waals surface area contributed by atoms with Crippen molar-refractivity contribution >= 4 is 0 Å². The molecule has 0 saturated heterocycles. The normalized spacial score (nSPS) is 16.4. The number of furan rings is 1. The standard InChI is InChI=1S/C18H14N4O2/c1-11-15-16(12-7-8-23-10-12)14(9-19)17(20)24-18(15)22(21-11)13-5-3-2-4-6-13/h2-8,10,16H,20H2,1H3/t16-/m1/s1. The van der Waals surface area contributed by atoms with E-state index in [0.717, 1.165) is 22.5 Å². The van der Waals surface area contributed by atoms with E-state index in [2.05, 4.69) is 11.2 Å². The summed E-state index contributed by atoms with van der Waals surface area (Å²) in [5.74, 6) is 0.268. The van der Waals surface area contributed by atoms with Gasteiger partial charge in [0.05, 0.1) is 35.4 Å². The number of aryl methyl sites for hydroxylation is 1. The van der Waals surface area contributed by atoms with Crippen LogP contribution in [-0.2, 0) is 0 Å². The summed E-state index contributed by atoms with van der Waals surface area (Å²) in [6, 6.07) is 13.6. The number of aromatic nitrogens is 2.